The van der Waals surface area contributed by atoms with Gasteiger partial charge in [-0.05, 0) is 17.2 Å². The van der Waals surface area contributed by atoms with Gasteiger partial charge in [0.25, 0.3) is 0 Å². The molecule has 1 aromatic rings. The lowest BCUT2D eigenvalue weighted by atomic mass is 10.1. The molecule has 0 atom stereocenters. The lowest BCUT2D eigenvalue weighted by Crippen LogP contribution is -1.83. The molecular weight excluding hydrogens is 176 g/mol. The van der Waals surface area contributed by atoms with Crippen LogP contribution in [0.25, 0.3) is 16.5 Å². The summed E-state index contributed by atoms with van der Waals surface area (Å²) in [6, 6.07) is 11.4. The highest BCUT2D eigenvalue weighted by molar-refractivity contribution is 5.57. The summed E-state index contributed by atoms with van der Waals surface area (Å²) in [4.78, 5) is 2.60. The summed E-state index contributed by atoms with van der Waals surface area (Å²) in [6.45, 7) is 0.0991. The average Bonchev–Trinajstić information content (AvgIpc) is 2.25. The molecule has 0 bridgehead atoms. The fraction of sp³-hybridized carbons (Fsp3) is 0.100. The van der Waals surface area contributed by atoms with Crippen molar-refractivity contribution in [1.82, 2.24) is 0 Å². The smallest absolute Gasteiger partial charge is 0.0948 e. The van der Waals surface area contributed by atoms with E-state index in [1.165, 1.54) is 0 Å². The number of nitrogens with zero attached hydrogens (tertiary/aromatic N) is 4. The number of rotatable bonds is 3. The van der Waals surface area contributed by atoms with Crippen molar-refractivity contribution >= 4 is 6.08 Å². The van der Waals surface area contributed by atoms with Gasteiger partial charge in [0.2, 0.25) is 0 Å². The molecule has 0 heterocycles. The predicted octanol–water partition coefficient (Wildman–Crippen LogP) is 2.90. The summed E-state index contributed by atoms with van der Waals surface area (Å²) in [5.74, 6) is 0. The van der Waals surface area contributed by atoms with E-state index in [9.17, 15) is 0 Å². The summed E-state index contributed by atoms with van der Waals surface area (Å²) in [6.07, 6.45) is 1.70. The monoisotopic (exact) mass is 184 g/mol. The van der Waals surface area contributed by atoms with Crippen LogP contribution in [0.15, 0.2) is 41.0 Å². The Bertz CT molecular complexity index is 407. The molecule has 0 aromatic heterocycles. The highest BCUT2D eigenvalue weighted by Crippen LogP contribution is 2.06. The summed E-state index contributed by atoms with van der Waals surface area (Å²) in [5.41, 5.74) is 9.48. The van der Waals surface area contributed by atoms with Crippen molar-refractivity contribution in [2.75, 3.05) is 6.54 Å². The highest BCUT2D eigenvalue weighted by atomic mass is 15.1. The number of azide groups is 1. The van der Waals surface area contributed by atoms with E-state index in [2.05, 4.69) is 10.0 Å². The first-order valence-corrected chi connectivity index (χ1v) is 4.03. The zero-order valence-corrected chi connectivity index (χ0v) is 7.46. The summed E-state index contributed by atoms with van der Waals surface area (Å²) < 4.78 is 0. The minimum atomic E-state index is 0.0991. The van der Waals surface area contributed by atoms with Gasteiger partial charge in [-0.2, -0.15) is 5.26 Å². The molecule has 1 rings (SSSR count). The van der Waals surface area contributed by atoms with Gasteiger partial charge < -0.3 is 0 Å². The van der Waals surface area contributed by atoms with Gasteiger partial charge >= 0.3 is 0 Å². The Kier molecular flexibility index (Phi) is 3.81. The third kappa shape index (κ3) is 3.02. The molecule has 1 aromatic carbocycles. The molecule has 0 unspecified atom stereocenters. The molecule has 0 spiro atoms. The number of hydrogen-bond acceptors (Lipinski definition) is 2. The fourth-order valence-corrected chi connectivity index (χ4v) is 0.972. The van der Waals surface area contributed by atoms with Crippen LogP contribution in [0.5, 0.6) is 0 Å². The van der Waals surface area contributed by atoms with E-state index in [-0.39, 0.29) is 6.54 Å². The van der Waals surface area contributed by atoms with Crippen molar-refractivity contribution in [3.05, 3.63) is 51.9 Å². The van der Waals surface area contributed by atoms with Crippen LogP contribution in [0.3, 0.4) is 0 Å². The molecule has 0 radical (unpaired) electrons. The first kappa shape index (κ1) is 9.85. The van der Waals surface area contributed by atoms with Crippen LogP contribution in [0, 0.1) is 11.3 Å². The molecule has 4 nitrogen and oxygen atoms in total. The van der Waals surface area contributed by atoms with E-state index in [1.807, 2.05) is 36.4 Å². The van der Waals surface area contributed by atoms with E-state index in [1.54, 1.807) is 6.08 Å². The zero-order chi connectivity index (χ0) is 10.2. The second kappa shape index (κ2) is 5.41. The van der Waals surface area contributed by atoms with Crippen LogP contribution < -0.4 is 0 Å². The Morgan fingerprint density at radius 3 is 2.79 bits per heavy atom. The minimum Gasteiger partial charge on any atom is -0.193 e. The molecule has 68 valence electrons. The molecule has 0 saturated carbocycles. The van der Waals surface area contributed by atoms with E-state index in [4.69, 9.17) is 10.8 Å². The van der Waals surface area contributed by atoms with Gasteiger partial charge in [-0.3, -0.25) is 0 Å². The first-order chi connectivity index (χ1) is 6.86. The molecule has 4 heteroatoms. The Labute approximate surface area is 81.7 Å². The van der Waals surface area contributed by atoms with E-state index in [0.29, 0.717) is 5.57 Å². The Hall–Kier alpha value is -2.24. The van der Waals surface area contributed by atoms with Crippen LogP contribution >= 0.6 is 0 Å². The van der Waals surface area contributed by atoms with Crippen LogP contribution in [0.4, 0.5) is 0 Å². The topological polar surface area (TPSA) is 72.5 Å². The van der Waals surface area contributed by atoms with Crippen LogP contribution in [0.2, 0.25) is 0 Å². The quantitative estimate of drug-likeness (QED) is 0.308. The van der Waals surface area contributed by atoms with Crippen molar-refractivity contribution in [3.8, 4) is 6.07 Å². The van der Waals surface area contributed by atoms with Gasteiger partial charge in [0.1, 0.15) is 0 Å². The normalized spacial score (nSPS) is 10.1. The van der Waals surface area contributed by atoms with Crippen molar-refractivity contribution < 1.29 is 0 Å². The molecule has 0 aliphatic carbocycles. The maximum atomic E-state index is 8.71. The summed E-state index contributed by atoms with van der Waals surface area (Å²) in [7, 11) is 0. The Morgan fingerprint density at radius 1 is 1.50 bits per heavy atom. The highest BCUT2D eigenvalue weighted by Gasteiger charge is 1.93. The van der Waals surface area contributed by atoms with Crippen LogP contribution in [0.1, 0.15) is 5.56 Å². The third-order valence-corrected chi connectivity index (χ3v) is 1.59. The fourth-order valence-electron chi connectivity index (χ4n) is 0.972. The van der Waals surface area contributed by atoms with Gasteiger partial charge in [-0.25, -0.2) is 0 Å². The molecular formula is C10H8N4. The number of benzene rings is 1. The first-order valence-electron chi connectivity index (χ1n) is 4.03. The van der Waals surface area contributed by atoms with Crippen molar-refractivity contribution in [2.45, 2.75) is 0 Å². The predicted molar refractivity (Wildman–Crippen MR) is 54.0 cm³/mol. The second-order valence-corrected chi connectivity index (χ2v) is 2.58. The molecule has 0 aliphatic heterocycles. The molecule has 0 saturated heterocycles. The zero-order valence-electron chi connectivity index (χ0n) is 7.46. The number of hydrogen-bond donors (Lipinski definition) is 0. The van der Waals surface area contributed by atoms with E-state index < -0.39 is 0 Å². The third-order valence-electron chi connectivity index (χ3n) is 1.59. The maximum absolute atomic E-state index is 8.71. The minimum absolute atomic E-state index is 0.0991. The SMILES string of the molecule is N#C/C(=C/c1ccccc1)CN=[N+]=[N-]. The summed E-state index contributed by atoms with van der Waals surface area (Å²) in [5, 5.41) is 12.0. The number of nitriles is 1. The Morgan fingerprint density at radius 2 is 2.21 bits per heavy atom. The standard InChI is InChI=1S/C10H8N4/c11-7-10(8-13-14-12)6-9-4-2-1-3-5-9/h1-6H,8H2/b10-6-. The van der Waals surface area contributed by atoms with Gasteiger partial charge in [-0.1, -0.05) is 35.4 Å². The maximum Gasteiger partial charge on any atom is 0.0948 e. The van der Waals surface area contributed by atoms with Gasteiger partial charge in [0.15, 0.2) is 0 Å². The van der Waals surface area contributed by atoms with E-state index >= 15 is 0 Å². The van der Waals surface area contributed by atoms with Crippen molar-refractivity contribution in [1.29, 1.82) is 5.26 Å². The van der Waals surface area contributed by atoms with Crippen LogP contribution in [-0.4, -0.2) is 6.54 Å². The molecule has 14 heavy (non-hydrogen) atoms. The molecule has 0 N–H and O–H groups in total. The van der Waals surface area contributed by atoms with Crippen LogP contribution in [-0.2, 0) is 0 Å². The van der Waals surface area contributed by atoms with Gasteiger partial charge in [-0.15, -0.1) is 0 Å². The Balaban J connectivity index is 2.85. The molecule has 0 aliphatic rings. The molecule has 0 amide bonds. The van der Waals surface area contributed by atoms with Crippen molar-refractivity contribution in [3.63, 3.8) is 0 Å². The average molecular weight is 184 g/mol. The van der Waals surface area contributed by atoms with Gasteiger partial charge in [0, 0.05) is 10.5 Å². The van der Waals surface area contributed by atoms with Crippen molar-refractivity contribution in [2.24, 2.45) is 5.11 Å². The molecule has 0 fully saturated rings. The van der Waals surface area contributed by atoms with E-state index in [0.717, 1.165) is 5.56 Å². The summed E-state index contributed by atoms with van der Waals surface area (Å²) >= 11 is 0. The second-order valence-electron chi connectivity index (χ2n) is 2.58. The lowest BCUT2D eigenvalue weighted by molar-refractivity contribution is 1.17. The lowest BCUT2D eigenvalue weighted by Gasteiger charge is -1.93. The largest absolute Gasteiger partial charge is 0.193 e. The van der Waals surface area contributed by atoms with Gasteiger partial charge in [0.05, 0.1) is 12.6 Å².